The number of hydrogen-bond acceptors (Lipinski definition) is 5. The van der Waals surface area contributed by atoms with Gasteiger partial charge in [-0.1, -0.05) is 18.2 Å². The van der Waals surface area contributed by atoms with Gasteiger partial charge in [0.15, 0.2) is 0 Å². The number of amides is 2. The number of nitrogens with zero attached hydrogens (tertiary/aromatic N) is 3. The Morgan fingerprint density at radius 1 is 1.09 bits per heavy atom. The number of carbonyl (C=O) groups is 2. The van der Waals surface area contributed by atoms with E-state index >= 15 is 0 Å². The van der Waals surface area contributed by atoms with Gasteiger partial charge in [0, 0.05) is 38.6 Å². The number of benzene rings is 2. The molecular weight excluding hydrogens is 447 g/mol. The van der Waals surface area contributed by atoms with Crippen molar-refractivity contribution in [2.24, 2.45) is 0 Å². The lowest BCUT2D eigenvalue weighted by molar-refractivity contribution is 0.0158. The molecule has 1 aliphatic rings. The highest BCUT2D eigenvalue weighted by atomic mass is 19.1. The Kier molecular flexibility index (Phi) is 7.29. The van der Waals surface area contributed by atoms with E-state index in [-0.39, 0.29) is 17.2 Å². The summed E-state index contributed by atoms with van der Waals surface area (Å²) >= 11 is 0. The maximum Gasteiger partial charge on any atom is 0.255 e. The molecule has 182 valence electrons. The first kappa shape index (κ1) is 24.2. The Bertz CT molecular complexity index is 1190. The van der Waals surface area contributed by atoms with Crippen LogP contribution in [0.4, 0.5) is 10.1 Å². The van der Waals surface area contributed by atoms with E-state index in [2.05, 4.69) is 10.3 Å². The third kappa shape index (κ3) is 5.95. The van der Waals surface area contributed by atoms with Crippen molar-refractivity contribution in [1.29, 1.82) is 0 Å². The zero-order valence-corrected chi connectivity index (χ0v) is 20.1. The van der Waals surface area contributed by atoms with Crippen molar-refractivity contribution in [2.75, 3.05) is 38.6 Å². The fourth-order valence-electron chi connectivity index (χ4n) is 3.81. The van der Waals surface area contributed by atoms with Crippen molar-refractivity contribution in [1.82, 2.24) is 15.2 Å². The highest BCUT2D eigenvalue weighted by molar-refractivity contribution is 6.07. The predicted octanol–water partition coefficient (Wildman–Crippen LogP) is 3.47. The van der Waals surface area contributed by atoms with Crippen molar-refractivity contribution >= 4 is 17.5 Å². The lowest BCUT2D eigenvalue weighted by atomic mass is 10.0. The molecule has 2 heterocycles. The number of halogens is 1. The number of pyridine rings is 1. The number of carbonyl (C=O) groups excluding carboxylic acids is 2. The SMILES string of the molecule is Cc1ccc(OC2CN(C(=O)c3cc(F)ccc3C(=O)NCCc3ccc(N(C)C)cc3)C2)nc1. The molecule has 0 bridgehead atoms. The number of hydrogen-bond donors (Lipinski definition) is 1. The van der Waals surface area contributed by atoms with Crippen LogP contribution in [-0.2, 0) is 6.42 Å². The number of aryl methyl sites for hydroxylation is 1. The van der Waals surface area contributed by atoms with Gasteiger partial charge >= 0.3 is 0 Å². The van der Waals surface area contributed by atoms with Gasteiger partial charge in [0.2, 0.25) is 5.88 Å². The lowest BCUT2D eigenvalue weighted by Gasteiger charge is -2.38. The lowest BCUT2D eigenvalue weighted by Crippen LogP contribution is -2.56. The molecule has 1 saturated heterocycles. The quantitative estimate of drug-likeness (QED) is 0.539. The number of rotatable bonds is 8. The maximum absolute atomic E-state index is 14.0. The zero-order chi connectivity index (χ0) is 24.9. The highest BCUT2D eigenvalue weighted by Crippen LogP contribution is 2.21. The molecule has 0 unspecified atom stereocenters. The van der Waals surface area contributed by atoms with Crippen LogP contribution < -0.4 is 15.0 Å². The fourth-order valence-corrected chi connectivity index (χ4v) is 3.81. The zero-order valence-electron chi connectivity index (χ0n) is 20.1. The summed E-state index contributed by atoms with van der Waals surface area (Å²) in [5.41, 5.74) is 3.41. The largest absolute Gasteiger partial charge is 0.471 e. The highest BCUT2D eigenvalue weighted by Gasteiger charge is 2.34. The molecule has 2 amide bonds. The van der Waals surface area contributed by atoms with E-state index in [0.717, 1.165) is 22.9 Å². The maximum atomic E-state index is 14.0. The summed E-state index contributed by atoms with van der Waals surface area (Å²) in [6.07, 6.45) is 2.16. The van der Waals surface area contributed by atoms with Crippen molar-refractivity contribution in [3.8, 4) is 5.88 Å². The molecule has 1 aliphatic heterocycles. The van der Waals surface area contributed by atoms with E-state index < -0.39 is 17.6 Å². The van der Waals surface area contributed by atoms with Crippen molar-refractivity contribution in [2.45, 2.75) is 19.4 Å². The van der Waals surface area contributed by atoms with Crippen LogP contribution in [0.3, 0.4) is 0 Å². The van der Waals surface area contributed by atoms with E-state index in [1.165, 1.54) is 17.0 Å². The minimum absolute atomic E-state index is 0.0461. The van der Waals surface area contributed by atoms with E-state index in [4.69, 9.17) is 4.74 Å². The Morgan fingerprint density at radius 2 is 1.83 bits per heavy atom. The molecule has 3 aromatic rings. The van der Waals surface area contributed by atoms with Crippen LogP contribution in [0.1, 0.15) is 31.8 Å². The fraction of sp³-hybridized carbons (Fsp3) is 0.296. The second-order valence-corrected chi connectivity index (χ2v) is 8.88. The van der Waals surface area contributed by atoms with Crippen molar-refractivity contribution < 1.29 is 18.7 Å². The van der Waals surface area contributed by atoms with E-state index in [0.29, 0.717) is 31.9 Å². The average molecular weight is 477 g/mol. The molecule has 2 aromatic carbocycles. The second-order valence-electron chi connectivity index (χ2n) is 8.88. The minimum atomic E-state index is -0.567. The summed E-state index contributed by atoms with van der Waals surface area (Å²) in [4.78, 5) is 33.6. The van der Waals surface area contributed by atoms with Crippen molar-refractivity contribution in [3.63, 3.8) is 0 Å². The molecule has 7 nitrogen and oxygen atoms in total. The summed E-state index contributed by atoms with van der Waals surface area (Å²) in [6, 6.07) is 15.4. The number of aromatic nitrogens is 1. The molecule has 1 N–H and O–H groups in total. The Hall–Kier alpha value is -3.94. The van der Waals surface area contributed by atoms with Gasteiger partial charge in [-0.15, -0.1) is 0 Å². The van der Waals surface area contributed by atoms with Crippen LogP contribution in [0.15, 0.2) is 60.8 Å². The Morgan fingerprint density at radius 3 is 2.49 bits per heavy atom. The van der Waals surface area contributed by atoms with Gasteiger partial charge in [0.1, 0.15) is 11.9 Å². The van der Waals surface area contributed by atoms with Gasteiger partial charge in [0.25, 0.3) is 11.8 Å². The molecule has 0 atom stereocenters. The van der Waals surface area contributed by atoms with Crippen LogP contribution in [0.5, 0.6) is 5.88 Å². The van der Waals surface area contributed by atoms with Gasteiger partial charge < -0.3 is 19.9 Å². The van der Waals surface area contributed by atoms with Crippen molar-refractivity contribution in [3.05, 3.63) is 88.9 Å². The minimum Gasteiger partial charge on any atom is -0.471 e. The molecule has 0 spiro atoms. The molecule has 0 saturated carbocycles. The molecule has 8 heteroatoms. The molecule has 4 rings (SSSR count). The van der Waals surface area contributed by atoms with Gasteiger partial charge in [-0.05, 0) is 54.8 Å². The predicted molar refractivity (Wildman–Crippen MR) is 132 cm³/mol. The first-order valence-electron chi connectivity index (χ1n) is 11.5. The van der Waals surface area contributed by atoms with Crippen LogP contribution in [-0.4, -0.2) is 61.5 Å². The first-order chi connectivity index (χ1) is 16.8. The molecule has 1 aromatic heterocycles. The summed E-state index contributed by atoms with van der Waals surface area (Å²) < 4.78 is 19.8. The standard InChI is InChI=1S/C27H29FN4O3/c1-18-4-11-25(30-15-18)35-22-16-32(17-22)27(34)24-14-20(28)7-10-23(24)26(33)29-13-12-19-5-8-21(9-6-19)31(2)3/h4-11,14-15,22H,12-13,16-17H2,1-3H3,(H,29,33). The van der Waals surface area contributed by atoms with Gasteiger partial charge in [0.05, 0.1) is 24.2 Å². The Labute approximate surface area is 204 Å². The molecule has 0 aliphatic carbocycles. The molecule has 35 heavy (non-hydrogen) atoms. The van der Waals surface area contributed by atoms with Gasteiger partial charge in [-0.2, -0.15) is 0 Å². The topological polar surface area (TPSA) is 74.8 Å². The smallest absolute Gasteiger partial charge is 0.255 e. The number of anilines is 1. The summed E-state index contributed by atoms with van der Waals surface area (Å²) in [5, 5.41) is 2.84. The van der Waals surface area contributed by atoms with E-state index in [9.17, 15) is 14.0 Å². The van der Waals surface area contributed by atoms with Crippen LogP contribution in [0, 0.1) is 12.7 Å². The van der Waals surface area contributed by atoms with E-state index in [1.54, 1.807) is 12.3 Å². The molecular formula is C27H29FN4O3. The number of nitrogens with one attached hydrogen (secondary N) is 1. The average Bonchev–Trinajstić information content (AvgIpc) is 2.82. The monoisotopic (exact) mass is 476 g/mol. The third-order valence-electron chi connectivity index (χ3n) is 5.92. The summed E-state index contributed by atoms with van der Waals surface area (Å²) in [5.74, 6) is -0.876. The summed E-state index contributed by atoms with van der Waals surface area (Å²) in [6.45, 7) is 3.02. The number of ether oxygens (including phenoxy) is 1. The van der Waals surface area contributed by atoms with Gasteiger partial charge in [-0.3, -0.25) is 9.59 Å². The van der Waals surface area contributed by atoms with Crippen LogP contribution >= 0.6 is 0 Å². The van der Waals surface area contributed by atoms with Gasteiger partial charge in [-0.25, -0.2) is 9.37 Å². The third-order valence-corrected chi connectivity index (χ3v) is 5.92. The van der Waals surface area contributed by atoms with E-state index in [1.807, 2.05) is 56.3 Å². The molecule has 1 fully saturated rings. The Balaban J connectivity index is 1.34. The summed E-state index contributed by atoms with van der Waals surface area (Å²) in [7, 11) is 3.96. The number of likely N-dealkylation sites (tertiary alicyclic amines) is 1. The molecule has 0 radical (unpaired) electrons. The normalized spacial score (nSPS) is 13.2. The van der Waals surface area contributed by atoms with Crippen LogP contribution in [0.25, 0.3) is 0 Å². The first-order valence-corrected chi connectivity index (χ1v) is 11.5. The van der Waals surface area contributed by atoms with Crippen LogP contribution in [0.2, 0.25) is 0 Å². The second kappa shape index (κ2) is 10.5.